The molecule has 0 aromatic heterocycles. The summed E-state index contributed by atoms with van der Waals surface area (Å²) >= 11 is 1.84. The fraction of sp³-hybridized carbons (Fsp3) is 0.500. The molecular formula is C6H6F3IN2. The van der Waals surface area contributed by atoms with Gasteiger partial charge in [0.1, 0.15) is 6.04 Å². The minimum absolute atomic E-state index is 0.0780. The Morgan fingerprint density at radius 1 is 1.58 bits per heavy atom. The third kappa shape index (κ3) is 2.36. The zero-order chi connectivity index (χ0) is 9.19. The largest absolute Gasteiger partial charge is 0.411 e. The van der Waals surface area contributed by atoms with E-state index in [1.165, 1.54) is 12.3 Å². The fourth-order valence-corrected chi connectivity index (χ4v) is 1.16. The summed E-state index contributed by atoms with van der Waals surface area (Å²) in [5.74, 6) is 0. The quantitative estimate of drug-likeness (QED) is 0.581. The maximum absolute atomic E-state index is 12.0. The van der Waals surface area contributed by atoms with Crippen LogP contribution in [0.1, 0.15) is 6.42 Å². The number of halogens is 4. The summed E-state index contributed by atoms with van der Waals surface area (Å²) in [6, 6.07) is -1.56. The topological polar surface area (TPSA) is 24.4 Å². The van der Waals surface area contributed by atoms with Crippen LogP contribution in [-0.4, -0.2) is 18.4 Å². The number of hydrogen-bond acceptors (Lipinski definition) is 2. The van der Waals surface area contributed by atoms with E-state index in [1.54, 1.807) is 0 Å². The standard InChI is InChI=1S/C6H6F3IN2/c7-6(8,9)5-2-1-4(12-10)3-11-5/h1,3,5,12H,2H2. The third-order valence-electron chi connectivity index (χ3n) is 1.44. The monoisotopic (exact) mass is 290 g/mol. The van der Waals surface area contributed by atoms with Crippen molar-refractivity contribution in [3.63, 3.8) is 0 Å². The van der Waals surface area contributed by atoms with Crippen LogP contribution in [0.5, 0.6) is 0 Å². The molecule has 0 fully saturated rings. The molecule has 2 nitrogen and oxygen atoms in total. The van der Waals surface area contributed by atoms with Gasteiger partial charge in [0.25, 0.3) is 0 Å². The summed E-state index contributed by atoms with van der Waals surface area (Å²) in [6.07, 6.45) is -1.61. The predicted octanol–water partition coefficient (Wildman–Crippen LogP) is 2.22. The van der Waals surface area contributed by atoms with Crippen LogP contribution in [-0.2, 0) is 0 Å². The van der Waals surface area contributed by atoms with Gasteiger partial charge in [-0.3, -0.25) is 4.99 Å². The maximum Gasteiger partial charge on any atom is 0.411 e. The molecule has 0 radical (unpaired) electrons. The lowest BCUT2D eigenvalue weighted by Gasteiger charge is -2.17. The van der Waals surface area contributed by atoms with Crippen molar-refractivity contribution in [3.05, 3.63) is 11.8 Å². The summed E-state index contributed by atoms with van der Waals surface area (Å²) in [5.41, 5.74) is 0.621. The molecule has 1 N–H and O–H groups in total. The summed E-state index contributed by atoms with van der Waals surface area (Å²) in [5, 5.41) is 0. The van der Waals surface area contributed by atoms with Gasteiger partial charge in [-0.2, -0.15) is 13.2 Å². The SMILES string of the molecule is FC(F)(F)C1CC=C(NI)C=N1. The number of hydrogen-bond donors (Lipinski definition) is 1. The Morgan fingerprint density at radius 3 is 2.58 bits per heavy atom. The van der Waals surface area contributed by atoms with Crippen LogP contribution in [0.25, 0.3) is 0 Å². The molecule has 0 bridgehead atoms. The van der Waals surface area contributed by atoms with E-state index in [-0.39, 0.29) is 6.42 Å². The van der Waals surface area contributed by atoms with E-state index in [0.717, 1.165) is 0 Å². The van der Waals surface area contributed by atoms with E-state index < -0.39 is 12.2 Å². The van der Waals surface area contributed by atoms with Crippen molar-refractivity contribution in [2.24, 2.45) is 4.99 Å². The van der Waals surface area contributed by atoms with Gasteiger partial charge >= 0.3 is 6.18 Å². The van der Waals surface area contributed by atoms with Gasteiger partial charge in [-0.15, -0.1) is 0 Å². The molecule has 1 atom stereocenters. The Kier molecular flexibility index (Phi) is 2.97. The number of nitrogens with one attached hydrogen (secondary N) is 1. The normalized spacial score (nSPS) is 23.7. The van der Waals surface area contributed by atoms with Crippen LogP contribution in [0.4, 0.5) is 13.2 Å². The summed E-state index contributed by atoms with van der Waals surface area (Å²) < 4.78 is 38.7. The molecule has 0 saturated heterocycles. The molecule has 0 aromatic rings. The van der Waals surface area contributed by atoms with E-state index in [0.29, 0.717) is 5.70 Å². The van der Waals surface area contributed by atoms with E-state index in [2.05, 4.69) is 8.52 Å². The number of dihydropyridines is 1. The number of nitrogens with zero attached hydrogens (tertiary/aromatic N) is 1. The van der Waals surface area contributed by atoms with E-state index in [9.17, 15) is 13.2 Å². The molecule has 0 amide bonds. The highest BCUT2D eigenvalue weighted by Gasteiger charge is 2.39. The Morgan fingerprint density at radius 2 is 2.25 bits per heavy atom. The predicted molar refractivity (Wildman–Crippen MR) is 48.2 cm³/mol. The first-order chi connectivity index (χ1) is 5.54. The minimum Gasteiger partial charge on any atom is -0.327 e. The highest BCUT2D eigenvalue weighted by molar-refractivity contribution is 14.1. The lowest BCUT2D eigenvalue weighted by molar-refractivity contribution is -0.146. The van der Waals surface area contributed by atoms with Crippen molar-refractivity contribution in [1.82, 2.24) is 3.53 Å². The van der Waals surface area contributed by atoms with Crippen molar-refractivity contribution >= 4 is 29.1 Å². The Bertz CT molecular complexity index is 221. The number of rotatable bonds is 1. The molecule has 6 heteroatoms. The second-order valence-corrected chi connectivity index (χ2v) is 2.86. The first kappa shape index (κ1) is 9.82. The highest BCUT2D eigenvalue weighted by atomic mass is 127. The average Bonchev–Trinajstić information content (AvgIpc) is 2.03. The molecule has 0 aliphatic carbocycles. The van der Waals surface area contributed by atoms with Gasteiger partial charge in [-0.25, -0.2) is 0 Å². The molecule has 1 aliphatic rings. The zero-order valence-electron chi connectivity index (χ0n) is 5.90. The summed E-state index contributed by atoms with van der Waals surface area (Å²) in [7, 11) is 0. The first-order valence-corrected chi connectivity index (χ1v) is 4.28. The van der Waals surface area contributed by atoms with Crippen molar-refractivity contribution in [2.75, 3.05) is 0 Å². The number of aliphatic imine (C=N–C) groups is 1. The van der Waals surface area contributed by atoms with Crippen LogP contribution in [0.3, 0.4) is 0 Å². The van der Waals surface area contributed by atoms with E-state index in [1.807, 2.05) is 22.9 Å². The molecular weight excluding hydrogens is 284 g/mol. The lowest BCUT2D eigenvalue weighted by Crippen LogP contribution is -2.28. The van der Waals surface area contributed by atoms with Crippen LogP contribution in [0, 0.1) is 0 Å². The Hall–Kier alpha value is -0.270. The van der Waals surface area contributed by atoms with Gasteiger partial charge in [-0.1, -0.05) is 6.08 Å². The second-order valence-electron chi connectivity index (χ2n) is 2.33. The van der Waals surface area contributed by atoms with E-state index in [4.69, 9.17) is 0 Å². The third-order valence-corrected chi connectivity index (χ3v) is 2.06. The lowest BCUT2D eigenvalue weighted by atomic mass is 10.1. The minimum atomic E-state index is -4.22. The van der Waals surface area contributed by atoms with Gasteiger partial charge < -0.3 is 3.53 Å². The molecule has 68 valence electrons. The molecule has 1 rings (SSSR count). The van der Waals surface area contributed by atoms with Crippen LogP contribution >= 0.6 is 22.9 Å². The summed E-state index contributed by atoms with van der Waals surface area (Å²) in [6.45, 7) is 0. The zero-order valence-corrected chi connectivity index (χ0v) is 8.06. The molecule has 1 heterocycles. The Labute approximate surface area is 81.4 Å². The maximum atomic E-state index is 12.0. The van der Waals surface area contributed by atoms with Crippen molar-refractivity contribution in [1.29, 1.82) is 0 Å². The first-order valence-electron chi connectivity index (χ1n) is 3.20. The number of alkyl halides is 3. The highest BCUT2D eigenvalue weighted by Crippen LogP contribution is 2.27. The molecule has 1 aliphatic heterocycles. The smallest absolute Gasteiger partial charge is 0.327 e. The van der Waals surface area contributed by atoms with Crippen LogP contribution in [0.2, 0.25) is 0 Å². The van der Waals surface area contributed by atoms with Crippen molar-refractivity contribution < 1.29 is 13.2 Å². The van der Waals surface area contributed by atoms with Gasteiger partial charge in [0.05, 0.1) is 28.6 Å². The fourth-order valence-electron chi connectivity index (χ4n) is 0.804. The molecule has 12 heavy (non-hydrogen) atoms. The average molecular weight is 290 g/mol. The molecule has 0 aromatic carbocycles. The molecule has 1 unspecified atom stereocenters. The van der Waals surface area contributed by atoms with Crippen LogP contribution in [0.15, 0.2) is 16.8 Å². The van der Waals surface area contributed by atoms with Gasteiger partial charge in [0, 0.05) is 6.21 Å². The van der Waals surface area contributed by atoms with Crippen LogP contribution < -0.4 is 3.53 Å². The van der Waals surface area contributed by atoms with Gasteiger partial charge in [0.2, 0.25) is 0 Å². The summed E-state index contributed by atoms with van der Waals surface area (Å²) in [4.78, 5) is 3.37. The van der Waals surface area contributed by atoms with E-state index >= 15 is 0 Å². The second kappa shape index (κ2) is 3.63. The van der Waals surface area contributed by atoms with Gasteiger partial charge in [0.15, 0.2) is 0 Å². The van der Waals surface area contributed by atoms with Gasteiger partial charge in [-0.05, 0) is 6.42 Å². The molecule has 0 saturated carbocycles. The molecule has 0 spiro atoms. The Balaban J connectivity index is 2.60. The van der Waals surface area contributed by atoms with Crippen molar-refractivity contribution in [3.8, 4) is 0 Å². The number of allylic oxidation sites excluding steroid dienone is 1. The van der Waals surface area contributed by atoms with Crippen molar-refractivity contribution in [2.45, 2.75) is 18.6 Å².